The summed E-state index contributed by atoms with van der Waals surface area (Å²) in [6.07, 6.45) is 3.75. The first kappa shape index (κ1) is 12.3. The van der Waals surface area contributed by atoms with E-state index in [0.29, 0.717) is 30.2 Å². The summed E-state index contributed by atoms with van der Waals surface area (Å²) >= 11 is 0. The van der Waals surface area contributed by atoms with Gasteiger partial charge in [0.25, 0.3) is 0 Å². The Labute approximate surface area is 105 Å². The number of rotatable bonds is 5. The summed E-state index contributed by atoms with van der Waals surface area (Å²) < 4.78 is 18.3. The van der Waals surface area contributed by atoms with E-state index in [0.717, 1.165) is 0 Å². The molecule has 1 aromatic carbocycles. The molecule has 94 valence electrons. The SMILES string of the molecule is COc1cnc(NCCc2ccccc2F)nc1. The second-order valence-corrected chi connectivity index (χ2v) is 3.71. The molecular formula is C13H14FN3O. The first-order valence-electron chi connectivity index (χ1n) is 5.63. The highest BCUT2D eigenvalue weighted by Crippen LogP contribution is 2.09. The molecule has 5 heteroatoms. The minimum atomic E-state index is -0.185. The lowest BCUT2D eigenvalue weighted by atomic mass is 10.1. The van der Waals surface area contributed by atoms with E-state index in [1.807, 2.05) is 6.07 Å². The summed E-state index contributed by atoms with van der Waals surface area (Å²) in [6, 6.07) is 6.73. The number of hydrogen-bond acceptors (Lipinski definition) is 4. The van der Waals surface area contributed by atoms with E-state index in [1.165, 1.54) is 6.07 Å². The Balaban J connectivity index is 1.86. The number of aromatic nitrogens is 2. The topological polar surface area (TPSA) is 47.0 Å². The van der Waals surface area contributed by atoms with Crippen molar-refractivity contribution in [3.63, 3.8) is 0 Å². The molecule has 0 aliphatic heterocycles. The molecule has 0 fully saturated rings. The molecule has 0 spiro atoms. The standard InChI is InChI=1S/C13H14FN3O/c1-18-11-8-16-13(17-9-11)15-7-6-10-4-2-3-5-12(10)14/h2-5,8-9H,6-7H2,1H3,(H,15,16,17). The van der Waals surface area contributed by atoms with Gasteiger partial charge < -0.3 is 10.1 Å². The molecule has 0 aliphatic rings. The Morgan fingerprint density at radius 3 is 2.61 bits per heavy atom. The second kappa shape index (κ2) is 5.95. The van der Waals surface area contributed by atoms with Gasteiger partial charge in [0.05, 0.1) is 19.5 Å². The Morgan fingerprint density at radius 1 is 1.22 bits per heavy atom. The predicted octanol–water partition coefficient (Wildman–Crippen LogP) is 2.28. The van der Waals surface area contributed by atoms with Gasteiger partial charge in [0.1, 0.15) is 5.82 Å². The van der Waals surface area contributed by atoms with Gasteiger partial charge in [-0.2, -0.15) is 0 Å². The molecule has 2 rings (SSSR count). The summed E-state index contributed by atoms with van der Waals surface area (Å²) in [5.74, 6) is 0.928. The molecule has 1 N–H and O–H groups in total. The van der Waals surface area contributed by atoms with Gasteiger partial charge in [-0.25, -0.2) is 14.4 Å². The van der Waals surface area contributed by atoms with Gasteiger partial charge in [-0.3, -0.25) is 0 Å². The molecule has 1 heterocycles. The van der Waals surface area contributed by atoms with Crippen molar-refractivity contribution in [2.24, 2.45) is 0 Å². The van der Waals surface area contributed by atoms with E-state index < -0.39 is 0 Å². The average molecular weight is 247 g/mol. The van der Waals surface area contributed by atoms with Crippen LogP contribution in [-0.4, -0.2) is 23.6 Å². The Kier molecular flexibility index (Phi) is 4.06. The van der Waals surface area contributed by atoms with Crippen LogP contribution >= 0.6 is 0 Å². The maximum absolute atomic E-state index is 13.3. The molecule has 1 aromatic heterocycles. The lowest BCUT2D eigenvalue weighted by Gasteiger charge is -2.06. The highest BCUT2D eigenvalue weighted by Gasteiger charge is 2.01. The van der Waals surface area contributed by atoms with Gasteiger partial charge in [0.15, 0.2) is 5.75 Å². The molecule has 2 aromatic rings. The molecule has 0 radical (unpaired) electrons. The van der Waals surface area contributed by atoms with Crippen LogP contribution < -0.4 is 10.1 Å². The summed E-state index contributed by atoms with van der Waals surface area (Å²) in [7, 11) is 1.56. The third-order valence-electron chi connectivity index (χ3n) is 2.50. The molecule has 0 saturated heterocycles. The zero-order chi connectivity index (χ0) is 12.8. The molecule has 0 saturated carbocycles. The quantitative estimate of drug-likeness (QED) is 0.880. The minimum absolute atomic E-state index is 0.185. The van der Waals surface area contributed by atoms with E-state index >= 15 is 0 Å². The minimum Gasteiger partial charge on any atom is -0.494 e. The van der Waals surface area contributed by atoms with Crippen LogP contribution in [0.1, 0.15) is 5.56 Å². The number of nitrogens with zero attached hydrogens (tertiary/aromatic N) is 2. The molecule has 0 aliphatic carbocycles. The van der Waals surface area contributed by atoms with Crippen LogP contribution in [0.15, 0.2) is 36.7 Å². The number of anilines is 1. The monoisotopic (exact) mass is 247 g/mol. The average Bonchev–Trinajstić information content (AvgIpc) is 2.42. The summed E-state index contributed by atoms with van der Waals surface area (Å²) in [6.45, 7) is 0.577. The van der Waals surface area contributed by atoms with E-state index in [9.17, 15) is 4.39 Å². The molecule has 18 heavy (non-hydrogen) atoms. The molecule has 0 amide bonds. The van der Waals surface area contributed by atoms with Crippen molar-refractivity contribution in [2.45, 2.75) is 6.42 Å². The third-order valence-corrected chi connectivity index (χ3v) is 2.50. The van der Waals surface area contributed by atoms with Crippen LogP contribution in [0, 0.1) is 5.82 Å². The smallest absolute Gasteiger partial charge is 0.222 e. The molecule has 0 bridgehead atoms. The van der Waals surface area contributed by atoms with Crippen LogP contribution in [-0.2, 0) is 6.42 Å². The van der Waals surface area contributed by atoms with Gasteiger partial charge in [0.2, 0.25) is 5.95 Å². The number of benzene rings is 1. The number of hydrogen-bond donors (Lipinski definition) is 1. The molecular weight excluding hydrogens is 233 g/mol. The zero-order valence-electron chi connectivity index (χ0n) is 10.1. The zero-order valence-corrected chi connectivity index (χ0v) is 10.1. The van der Waals surface area contributed by atoms with Gasteiger partial charge >= 0.3 is 0 Å². The van der Waals surface area contributed by atoms with Gasteiger partial charge in [-0.15, -0.1) is 0 Å². The van der Waals surface area contributed by atoms with Crippen LogP contribution in [0.5, 0.6) is 5.75 Å². The first-order valence-corrected chi connectivity index (χ1v) is 5.63. The summed E-state index contributed by atoms with van der Waals surface area (Å²) in [5.41, 5.74) is 0.679. The number of halogens is 1. The largest absolute Gasteiger partial charge is 0.494 e. The van der Waals surface area contributed by atoms with Gasteiger partial charge in [-0.05, 0) is 18.1 Å². The molecule has 0 atom stereocenters. The van der Waals surface area contributed by atoms with Crippen molar-refractivity contribution in [3.05, 3.63) is 48.0 Å². The normalized spacial score (nSPS) is 10.1. The fourth-order valence-electron chi connectivity index (χ4n) is 1.52. The van der Waals surface area contributed by atoms with Crippen molar-refractivity contribution >= 4 is 5.95 Å². The van der Waals surface area contributed by atoms with Crippen molar-refractivity contribution < 1.29 is 9.13 Å². The Morgan fingerprint density at radius 2 is 1.94 bits per heavy atom. The highest BCUT2D eigenvalue weighted by atomic mass is 19.1. The lowest BCUT2D eigenvalue weighted by molar-refractivity contribution is 0.411. The van der Waals surface area contributed by atoms with E-state index in [-0.39, 0.29) is 5.82 Å². The highest BCUT2D eigenvalue weighted by molar-refractivity contribution is 5.27. The third kappa shape index (κ3) is 3.16. The van der Waals surface area contributed by atoms with Crippen molar-refractivity contribution in [3.8, 4) is 5.75 Å². The maximum atomic E-state index is 13.3. The van der Waals surface area contributed by atoms with Gasteiger partial charge in [0, 0.05) is 6.54 Å². The van der Waals surface area contributed by atoms with Crippen LogP contribution in [0.2, 0.25) is 0 Å². The van der Waals surface area contributed by atoms with Gasteiger partial charge in [-0.1, -0.05) is 18.2 Å². The number of ether oxygens (including phenoxy) is 1. The van der Waals surface area contributed by atoms with E-state index in [1.54, 1.807) is 31.6 Å². The number of nitrogens with one attached hydrogen (secondary N) is 1. The fourth-order valence-corrected chi connectivity index (χ4v) is 1.52. The first-order chi connectivity index (χ1) is 8.79. The Bertz CT molecular complexity index is 502. The van der Waals surface area contributed by atoms with Crippen LogP contribution in [0.4, 0.5) is 10.3 Å². The fraction of sp³-hybridized carbons (Fsp3) is 0.231. The van der Waals surface area contributed by atoms with Crippen molar-refractivity contribution in [1.82, 2.24) is 9.97 Å². The lowest BCUT2D eigenvalue weighted by Crippen LogP contribution is -2.08. The van der Waals surface area contributed by atoms with Crippen molar-refractivity contribution in [1.29, 1.82) is 0 Å². The summed E-state index contributed by atoms with van der Waals surface area (Å²) in [5, 5.41) is 3.03. The Hall–Kier alpha value is -2.17. The van der Waals surface area contributed by atoms with E-state index in [2.05, 4.69) is 15.3 Å². The predicted molar refractivity (Wildman–Crippen MR) is 67.2 cm³/mol. The molecule has 4 nitrogen and oxygen atoms in total. The second-order valence-electron chi connectivity index (χ2n) is 3.71. The summed E-state index contributed by atoms with van der Waals surface area (Å²) in [4.78, 5) is 8.12. The van der Waals surface area contributed by atoms with Crippen LogP contribution in [0.3, 0.4) is 0 Å². The van der Waals surface area contributed by atoms with Crippen LogP contribution in [0.25, 0.3) is 0 Å². The molecule has 0 unspecified atom stereocenters. The number of methoxy groups -OCH3 is 1. The maximum Gasteiger partial charge on any atom is 0.222 e. The van der Waals surface area contributed by atoms with Crippen molar-refractivity contribution in [2.75, 3.05) is 19.0 Å². The van der Waals surface area contributed by atoms with E-state index in [4.69, 9.17) is 4.74 Å².